The van der Waals surface area contributed by atoms with Crippen LogP contribution >= 0.6 is 0 Å². The molecule has 0 atom stereocenters. The molecule has 0 aliphatic rings. The van der Waals surface area contributed by atoms with Crippen molar-refractivity contribution in [1.82, 2.24) is 9.47 Å². The molecule has 0 amide bonds. The molecule has 0 fully saturated rings. The van der Waals surface area contributed by atoms with E-state index in [4.69, 9.17) is 4.74 Å². The molecule has 1 heterocycles. The van der Waals surface area contributed by atoms with E-state index in [0.717, 1.165) is 17.4 Å². The lowest BCUT2D eigenvalue weighted by Gasteiger charge is -2.33. The van der Waals surface area contributed by atoms with Crippen LogP contribution in [0, 0.1) is 5.82 Å². The Labute approximate surface area is 113 Å². The van der Waals surface area contributed by atoms with Crippen molar-refractivity contribution in [1.29, 1.82) is 0 Å². The van der Waals surface area contributed by atoms with Gasteiger partial charge in [-0.05, 0) is 46.1 Å². The van der Waals surface area contributed by atoms with Crippen LogP contribution in [0.5, 0.6) is 5.75 Å². The first-order chi connectivity index (χ1) is 8.86. The third-order valence-corrected chi connectivity index (χ3v) is 3.83. The summed E-state index contributed by atoms with van der Waals surface area (Å²) in [6, 6.07) is 5.17. The van der Waals surface area contributed by atoms with Gasteiger partial charge in [-0.2, -0.15) is 0 Å². The molecule has 1 aromatic carbocycles. The molecule has 4 heteroatoms. The normalized spacial score (nSPS) is 12.4. The van der Waals surface area contributed by atoms with Crippen molar-refractivity contribution in [2.24, 2.45) is 0 Å². The summed E-state index contributed by atoms with van der Waals surface area (Å²) in [5.74, 6) is -0.00136. The van der Waals surface area contributed by atoms with Crippen LogP contribution < -0.4 is 4.74 Å². The summed E-state index contributed by atoms with van der Waals surface area (Å²) in [7, 11) is 5.62. The van der Waals surface area contributed by atoms with Crippen LogP contribution in [0.25, 0.3) is 10.9 Å². The van der Waals surface area contributed by atoms with Gasteiger partial charge in [0.15, 0.2) is 11.6 Å². The average Bonchev–Trinajstić information content (AvgIpc) is 2.71. The Morgan fingerprint density at radius 1 is 1.26 bits per heavy atom. The van der Waals surface area contributed by atoms with Crippen molar-refractivity contribution in [3.05, 3.63) is 30.2 Å². The molecule has 0 bridgehead atoms. The number of halogens is 1. The number of fused-ring (bicyclic) bond motifs is 1. The van der Waals surface area contributed by atoms with E-state index in [-0.39, 0.29) is 11.4 Å². The maximum absolute atomic E-state index is 13.7. The lowest BCUT2D eigenvalue weighted by molar-refractivity contribution is 0.171. The monoisotopic (exact) mass is 264 g/mol. The van der Waals surface area contributed by atoms with Crippen molar-refractivity contribution in [2.45, 2.75) is 25.9 Å². The largest absolute Gasteiger partial charge is 0.493 e. The number of nitrogens with zero attached hydrogens (tertiary/aromatic N) is 2. The fourth-order valence-corrected chi connectivity index (χ4v) is 2.12. The summed E-state index contributed by atoms with van der Waals surface area (Å²) < 4.78 is 20.9. The van der Waals surface area contributed by atoms with Gasteiger partial charge >= 0.3 is 0 Å². The Bertz CT molecular complexity index is 587. The quantitative estimate of drug-likeness (QED) is 0.844. The van der Waals surface area contributed by atoms with Crippen LogP contribution in [0.15, 0.2) is 24.4 Å². The zero-order chi connectivity index (χ0) is 14.2. The van der Waals surface area contributed by atoms with Gasteiger partial charge in [-0.1, -0.05) is 0 Å². The molecule has 3 nitrogen and oxygen atoms in total. The molecule has 2 rings (SSSR count). The molecule has 0 unspecified atom stereocenters. The Kier molecular flexibility index (Phi) is 3.54. The van der Waals surface area contributed by atoms with E-state index in [1.165, 1.54) is 13.2 Å². The first-order valence-electron chi connectivity index (χ1n) is 6.35. The highest BCUT2D eigenvalue weighted by Gasteiger charge is 2.22. The minimum atomic E-state index is -0.320. The fourth-order valence-electron chi connectivity index (χ4n) is 2.12. The minimum Gasteiger partial charge on any atom is -0.493 e. The molecular formula is C15H21FN2O. The van der Waals surface area contributed by atoms with Crippen LogP contribution in [-0.2, 0) is 6.54 Å². The second kappa shape index (κ2) is 4.85. The van der Waals surface area contributed by atoms with Crippen molar-refractivity contribution >= 4 is 10.9 Å². The third-order valence-electron chi connectivity index (χ3n) is 3.83. The number of rotatable bonds is 4. The Hall–Kier alpha value is -1.55. The standard InChI is InChI=1S/C15H21FN2O/c1-15(2,17(3)4)10-18-9-8-11-13(18)7-6-12(16)14(11)19-5/h6-9H,10H2,1-5H3. The van der Waals surface area contributed by atoms with E-state index in [9.17, 15) is 4.39 Å². The Morgan fingerprint density at radius 2 is 1.95 bits per heavy atom. The van der Waals surface area contributed by atoms with Gasteiger partial charge in [0.2, 0.25) is 0 Å². The number of hydrogen-bond donors (Lipinski definition) is 0. The lowest BCUT2D eigenvalue weighted by Crippen LogP contribution is -2.41. The lowest BCUT2D eigenvalue weighted by atomic mass is 10.0. The Morgan fingerprint density at radius 3 is 2.53 bits per heavy atom. The van der Waals surface area contributed by atoms with Gasteiger partial charge in [0.05, 0.1) is 12.6 Å². The summed E-state index contributed by atoms with van der Waals surface area (Å²) in [4.78, 5) is 2.18. The molecule has 104 valence electrons. The van der Waals surface area contributed by atoms with Gasteiger partial charge in [0.25, 0.3) is 0 Å². The van der Waals surface area contributed by atoms with Gasteiger partial charge in [-0.15, -0.1) is 0 Å². The molecule has 0 aliphatic heterocycles. The third kappa shape index (κ3) is 2.45. The topological polar surface area (TPSA) is 17.4 Å². The predicted octanol–water partition coefficient (Wildman–Crippen LogP) is 3.13. The SMILES string of the molecule is COc1c(F)ccc2c1ccn2CC(C)(C)N(C)C. The van der Waals surface area contributed by atoms with Crippen molar-refractivity contribution < 1.29 is 9.13 Å². The number of likely N-dealkylation sites (N-methyl/N-ethyl adjacent to an activating group) is 1. The van der Waals surface area contributed by atoms with Crippen molar-refractivity contribution in [3.63, 3.8) is 0 Å². The minimum absolute atomic E-state index is 0.0214. The molecule has 0 saturated carbocycles. The summed E-state index contributed by atoms with van der Waals surface area (Å²) >= 11 is 0. The molecule has 1 aromatic heterocycles. The highest BCUT2D eigenvalue weighted by Crippen LogP contribution is 2.30. The molecule has 0 aliphatic carbocycles. The highest BCUT2D eigenvalue weighted by molar-refractivity contribution is 5.86. The maximum atomic E-state index is 13.7. The van der Waals surface area contributed by atoms with Gasteiger partial charge in [-0.3, -0.25) is 0 Å². The van der Waals surface area contributed by atoms with E-state index in [1.807, 2.05) is 12.3 Å². The van der Waals surface area contributed by atoms with Gasteiger partial charge in [-0.25, -0.2) is 4.39 Å². The number of benzene rings is 1. The second-order valence-electron chi connectivity index (χ2n) is 5.66. The summed E-state index contributed by atoms with van der Waals surface area (Å²) in [5.41, 5.74) is 1.02. The molecule has 0 N–H and O–H groups in total. The van der Waals surface area contributed by atoms with Gasteiger partial charge in [0.1, 0.15) is 0 Å². The number of hydrogen-bond acceptors (Lipinski definition) is 2. The zero-order valence-corrected chi connectivity index (χ0v) is 12.2. The van der Waals surface area contributed by atoms with Crippen molar-refractivity contribution in [3.8, 4) is 5.75 Å². The molecule has 0 radical (unpaired) electrons. The predicted molar refractivity (Wildman–Crippen MR) is 76.2 cm³/mol. The van der Waals surface area contributed by atoms with Crippen LogP contribution in [0.4, 0.5) is 4.39 Å². The van der Waals surface area contributed by atoms with Gasteiger partial charge in [0, 0.05) is 23.7 Å². The van der Waals surface area contributed by atoms with Crippen LogP contribution in [0.1, 0.15) is 13.8 Å². The van der Waals surface area contributed by atoms with Crippen LogP contribution in [0.3, 0.4) is 0 Å². The van der Waals surface area contributed by atoms with E-state index in [0.29, 0.717) is 5.75 Å². The Balaban J connectivity index is 2.47. The van der Waals surface area contributed by atoms with Crippen molar-refractivity contribution in [2.75, 3.05) is 21.2 Å². The first kappa shape index (κ1) is 13.9. The van der Waals surface area contributed by atoms with E-state index in [1.54, 1.807) is 6.07 Å². The maximum Gasteiger partial charge on any atom is 0.165 e. The molecule has 19 heavy (non-hydrogen) atoms. The van der Waals surface area contributed by atoms with Gasteiger partial charge < -0.3 is 14.2 Å². The number of aromatic nitrogens is 1. The first-order valence-corrected chi connectivity index (χ1v) is 6.35. The van der Waals surface area contributed by atoms with Crippen LogP contribution in [-0.4, -0.2) is 36.2 Å². The number of ether oxygens (including phenoxy) is 1. The number of methoxy groups -OCH3 is 1. The molecule has 2 aromatic rings. The van der Waals surface area contributed by atoms with E-state index in [2.05, 4.69) is 37.4 Å². The van der Waals surface area contributed by atoms with Crippen LogP contribution in [0.2, 0.25) is 0 Å². The zero-order valence-electron chi connectivity index (χ0n) is 12.2. The smallest absolute Gasteiger partial charge is 0.165 e. The average molecular weight is 264 g/mol. The van der Waals surface area contributed by atoms with E-state index < -0.39 is 0 Å². The highest BCUT2D eigenvalue weighted by atomic mass is 19.1. The molecule has 0 saturated heterocycles. The van der Waals surface area contributed by atoms with E-state index >= 15 is 0 Å². The molecule has 0 spiro atoms. The summed E-state index contributed by atoms with van der Waals surface area (Å²) in [6.07, 6.45) is 1.98. The summed E-state index contributed by atoms with van der Waals surface area (Å²) in [6.45, 7) is 5.19. The fraction of sp³-hybridized carbons (Fsp3) is 0.467. The summed E-state index contributed by atoms with van der Waals surface area (Å²) in [5, 5.41) is 0.817. The molecular weight excluding hydrogens is 243 g/mol. The second-order valence-corrected chi connectivity index (χ2v) is 5.66.